The van der Waals surface area contributed by atoms with Crippen LogP contribution in [0.2, 0.25) is 10.0 Å². The fourth-order valence-corrected chi connectivity index (χ4v) is 7.73. The number of aryl methyl sites for hydroxylation is 1. The number of nitriles is 1. The van der Waals surface area contributed by atoms with E-state index in [4.69, 9.17) is 23.2 Å². The van der Waals surface area contributed by atoms with Crippen molar-refractivity contribution in [1.29, 1.82) is 5.26 Å². The predicted molar refractivity (Wildman–Crippen MR) is 193 cm³/mol. The van der Waals surface area contributed by atoms with Crippen molar-refractivity contribution in [1.82, 2.24) is 25.2 Å². The number of hydrogen-bond acceptors (Lipinski definition) is 7. The summed E-state index contributed by atoms with van der Waals surface area (Å²) < 4.78 is 1.61. The van der Waals surface area contributed by atoms with Crippen molar-refractivity contribution >= 4 is 58.3 Å². The average Bonchev–Trinajstić information content (AvgIpc) is 4.04. The molecule has 264 valence electrons. The first-order valence-electron chi connectivity index (χ1n) is 17.4. The van der Waals surface area contributed by atoms with E-state index in [9.17, 15) is 24.4 Å². The Balaban J connectivity index is 1.05. The van der Waals surface area contributed by atoms with Crippen molar-refractivity contribution in [3.8, 4) is 6.07 Å². The highest BCUT2D eigenvalue weighted by molar-refractivity contribution is 6.35. The Hall–Kier alpha value is -5.05. The third kappa shape index (κ3) is 6.14. The zero-order chi connectivity index (χ0) is 36.4. The van der Waals surface area contributed by atoms with E-state index in [1.54, 1.807) is 60.2 Å². The van der Waals surface area contributed by atoms with Crippen molar-refractivity contribution in [3.05, 3.63) is 105 Å². The SMILES string of the molecule is C[C@@]1(Cc2ccc(C#N)cc2)C(=O)N(c2cc(Cl)cc(Cl)c2)c2ncc(C(=O)NC3(C(=O)NC4(c5cc(CCC(=O)C6CC6)ccn5)CC4)CC3)n21. The number of Topliss-reactive ketones (excluding diaryl/α,β-unsaturated/α-hetero) is 1. The van der Waals surface area contributed by atoms with Crippen molar-refractivity contribution in [2.24, 2.45) is 5.92 Å². The Labute approximate surface area is 310 Å². The lowest BCUT2D eigenvalue weighted by molar-refractivity contribution is -0.125. The minimum absolute atomic E-state index is 0.116. The minimum Gasteiger partial charge on any atom is -0.343 e. The van der Waals surface area contributed by atoms with Gasteiger partial charge in [-0.05, 0) is 105 Å². The topological polar surface area (TPSA) is 150 Å². The summed E-state index contributed by atoms with van der Waals surface area (Å²) in [6, 6.07) is 17.7. The maximum absolute atomic E-state index is 14.4. The maximum atomic E-state index is 14.4. The van der Waals surface area contributed by atoms with Gasteiger partial charge in [-0.3, -0.25) is 28.7 Å². The molecule has 2 aromatic heterocycles. The molecule has 1 aliphatic heterocycles. The quantitative estimate of drug-likeness (QED) is 0.179. The summed E-state index contributed by atoms with van der Waals surface area (Å²) >= 11 is 12.7. The summed E-state index contributed by atoms with van der Waals surface area (Å²) in [6.07, 6.45) is 8.78. The number of benzene rings is 2. The summed E-state index contributed by atoms with van der Waals surface area (Å²) in [5, 5.41) is 16.1. The van der Waals surface area contributed by atoms with Gasteiger partial charge >= 0.3 is 0 Å². The van der Waals surface area contributed by atoms with Gasteiger partial charge in [0.05, 0.1) is 34.7 Å². The van der Waals surface area contributed by atoms with Gasteiger partial charge in [-0.2, -0.15) is 5.26 Å². The lowest BCUT2D eigenvalue weighted by Crippen LogP contribution is -2.52. The van der Waals surface area contributed by atoms with Crippen molar-refractivity contribution in [2.75, 3.05) is 4.90 Å². The highest BCUT2D eigenvalue weighted by Crippen LogP contribution is 2.48. The molecule has 52 heavy (non-hydrogen) atoms. The molecule has 3 amide bonds. The van der Waals surface area contributed by atoms with Crippen LogP contribution in [0.5, 0.6) is 0 Å². The number of pyridine rings is 1. The molecule has 0 spiro atoms. The summed E-state index contributed by atoms with van der Waals surface area (Å²) in [7, 11) is 0. The smallest absolute Gasteiger partial charge is 0.270 e. The summed E-state index contributed by atoms with van der Waals surface area (Å²) in [4.78, 5) is 65.3. The van der Waals surface area contributed by atoms with Gasteiger partial charge in [0, 0.05) is 35.0 Å². The lowest BCUT2D eigenvalue weighted by atomic mass is 9.91. The zero-order valence-corrected chi connectivity index (χ0v) is 29.9. The molecule has 0 unspecified atom stereocenters. The Morgan fingerprint density at radius 1 is 0.942 bits per heavy atom. The number of carbonyl (C=O) groups is 4. The highest BCUT2D eigenvalue weighted by Gasteiger charge is 2.57. The summed E-state index contributed by atoms with van der Waals surface area (Å²) in [5.41, 5.74) is 0.451. The molecule has 0 saturated heterocycles. The Bertz CT molecular complexity index is 2180. The first-order chi connectivity index (χ1) is 24.9. The molecule has 3 aliphatic carbocycles. The molecule has 1 atom stereocenters. The van der Waals surface area contributed by atoms with Crippen molar-refractivity contribution in [2.45, 2.75) is 81.3 Å². The molecule has 4 aromatic rings. The van der Waals surface area contributed by atoms with Crippen LogP contribution in [0.1, 0.15) is 84.7 Å². The number of amides is 3. The molecule has 2 N–H and O–H groups in total. The van der Waals surface area contributed by atoms with E-state index in [0.29, 0.717) is 52.8 Å². The van der Waals surface area contributed by atoms with Crippen LogP contribution in [0.15, 0.2) is 67.0 Å². The standard InChI is InChI=1S/C39H35Cl2N7O4/c1-37(20-24-2-4-25(21-42)5-3-24)35(52)47(29-18-27(40)17-28(41)19-29)36-44-22-30(48(36)37)33(50)45-39(13-14-39)34(51)46-38(11-12-38)32-16-23(10-15-43-32)6-9-31(49)26-7-8-26/h2-5,10,15-19,22,26H,6-9,11-14,20H2,1H3,(H,45,50)(H,46,51)/t37-/m1/s1. The average molecular weight is 737 g/mol. The molecule has 8 rings (SSSR count). The van der Waals surface area contributed by atoms with Gasteiger partial charge in [-0.1, -0.05) is 35.3 Å². The number of ketones is 1. The van der Waals surface area contributed by atoms with E-state index in [0.717, 1.165) is 42.5 Å². The van der Waals surface area contributed by atoms with Gasteiger partial charge in [0.2, 0.25) is 11.9 Å². The van der Waals surface area contributed by atoms with E-state index in [-0.39, 0.29) is 35.8 Å². The van der Waals surface area contributed by atoms with Gasteiger partial charge in [0.15, 0.2) is 0 Å². The van der Waals surface area contributed by atoms with Gasteiger partial charge < -0.3 is 10.6 Å². The van der Waals surface area contributed by atoms with Crippen LogP contribution in [0.3, 0.4) is 0 Å². The summed E-state index contributed by atoms with van der Waals surface area (Å²) in [5.74, 6) is -0.441. The normalized spacial score (nSPS) is 20.5. The molecule has 2 aromatic carbocycles. The second-order valence-electron chi connectivity index (χ2n) is 14.7. The summed E-state index contributed by atoms with van der Waals surface area (Å²) in [6.45, 7) is 1.74. The number of hydrogen-bond donors (Lipinski definition) is 2. The molecule has 11 nitrogen and oxygen atoms in total. The first kappa shape index (κ1) is 34.1. The zero-order valence-electron chi connectivity index (χ0n) is 28.4. The molecular formula is C39H35Cl2N7O4. The Kier molecular flexibility index (Phi) is 8.23. The molecule has 3 heterocycles. The number of fused-ring (bicyclic) bond motifs is 1. The van der Waals surface area contributed by atoms with Crippen LogP contribution < -0.4 is 15.5 Å². The number of nitrogens with zero attached hydrogens (tertiary/aromatic N) is 5. The van der Waals surface area contributed by atoms with Gasteiger partial charge in [0.25, 0.3) is 11.8 Å². The molecule has 13 heteroatoms. The van der Waals surface area contributed by atoms with Gasteiger partial charge in [0.1, 0.15) is 22.6 Å². The van der Waals surface area contributed by atoms with Crippen LogP contribution in [0.4, 0.5) is 11.6 Å². The second kappa shape index (κ2) is 12.6. The first-order valence-corrected chi connectivity index (χ1v) is 18.2. The molecule has 3 fully saturated rings. The lowest BCUT2D eigenvalue weighted by Gasteiger charge is -2.27. The second-order valence-corrected chi connectivity index (χ2v) is 15.5. The van der Waals surface area contributed by atoms with E-state index in [1.807, 2.05) is 12.1 Å². The monoisotopic (exact) mass is 735 g/mol. The number of carbonyl (C=O) groups excluding carboxylic acids is 4. The third-order valence-electron chi connectivity index (χ3n) is 10.7. The number of halogens is 2. The Morgan fingerprint density at radius 2 is 1.65 bits per heavy atom. The van der Waals surface area contributed by atoms with Crippen LogP contribution in [0, 0.1) is 17.2 Å². The van der Waals surface area contributed by atoms with E-state index < -0.39 is 22.5 Å². The number of rotatable bonds is 12. The van der Waals surface area contributed by atoms with Gasteiger partial charge in [-0.25, -0.2) is 9.88 Å². The van der Waals surface area contributed by atoms with Crippen LogP contribution in [-0.4, -0.2) is 43.6 Å². The molecule has 3 saturated carbocycles. The van der Waals surface area contributed by atoms with E-state index >= 15 is 0 Å². The van der Waals surface area contributed by atoms with Crippen molar-refractivity contribution in [3.63, 3.8) is 0 Å². The minimum atomic E-state index is -1.32. The van der Waals surface area contributed by atoms with Crippen LogP contribution >= 0.6 is 23.2 Å². The molecule has 0 radical (unpaired) electrons. The van der Waals surface area contributed by atoms with E-state index in [2.05, 4.69) is 26.7 Å². The van der Waals surface area contributed by atoms with E-state index in [1.165, 1.54) is 11.1 Å². The number of nitrogens with one attached hydrogen (secondary N) is 2. The number of aromatic nitrogens is 3. The van der Waals surface area contributed by atoms with Gasteiger partial charge in [-0.15, -0.1) is 0 Å². The third-order valence-corrected chi connectivity index (χ3v) is 11.2. The highest BCUT2D eigenvalue weighted by atomic mass is 35.5. The van der Waals surface area contributed by atoms with Crippen LogP contribution in [-0.2, 0) is 38.3 Å². The largest absolute Gasteiger partial charge is 0.343 e. The molecule has 4 aliphatic rings. The number of imidazole rings is 1. The van der Waals surface area contributed by atoms with Crippen molar-refractivity contribution < 1.29 is 19.2 Å². The fourth-order valence-electron chi connectivity index (χ4n) is 7.22. The Morgan fingerprint density at radius 3 is 2.29 bits per heavy atom. The molecular weight excluding hydrogens is 701 g/mol. The maximum Gasteiger partial charge on any atom is 0.270 e. The number of anilines is 2. The van der Waals surface area contributed by atoms with Crippen LogP contribution in [0.25, 0.3) is 0 Å². The fraction of sp³-hybridized carbons (Fsp3) is 0.359. The molecule has 0 bridgehead atoms. The predicted octanol–water partition coefficient (Wildman–Crippen LogP) is 6.07.